The summed E-state index contributed by atoms with van der Waals surface area (Å²) in [5, 5.41) is -0.220. The van der Waals surface area contributed by atoms with Gasteiger partial charge in [-0.25, -0.2) is 4.39 Å². The lowest BCUT2D eigenvalue weighted by molar-refractivity contribution is -0.123. The second-order valence-corrected chi connectivity index (χ2v) is 11.8. The molecule has 2 aliphatic rings. The zero-order valence-electron chi connectivity index (χ0n) is 23.7. The molecule has 1 saturated heterocycles. The summed E-state index contributed by atoms with van der Waals surface area (Å²) in [6.45, 7) is 4.99. The molecule has 1 fully saturated rings. The molecule has 216 valence electrons. The normalized spacial score (nSPS) is 17.3. The first-order chi connectivity index (χ1) is 19.9. The number of rotatable bonds is 11. The average molecular weight is 577 g/mol. The largest absolute Gasteiger partial charge is 0.497 e. The van der Waals surface area contributed by atoms with Crippen molar-refractivity contribution < 1.29 is 23.5 Å². The van der Waals surface area contributed by atoms with Gasteiger partial charge in [0.2, 0.25) is 5.91 Å². The quantitative estimate of drug-likeness (QED) is 0.238. The van der Waals surface area contributed by atoms with E-state index in [1.54, 1.807) is 37.9 Å². The van der Waals surface area contributed by atoms with Crippen molar-refractivity contribution >= 4 is 29.1 Å². The number of hydrogen-bond acceptors (Lipinski definition) is 6. The highest BCUT2D eigenvalue weighted by Gasteiger charge is 2.36. The minimum atomic E-state index is -0.275. The number of fused-ring (bicyclic) bond motifs is 1. The summed E-state index contributed by atoms with van der Waals surface area (Å²) in [7, 11) is 1.64. The Morgan fingerprint density at radius 3 is 2.49 bits per heavy atom. The van der Waals surface area contributed by atoms with Crippen molar-refractivity contribution in [3.8, 4) is 11.5 Å². The van der Waals surface area contributed by atoms with Crippen molar-refractivity contribution in [2.75, 3.05) is 38.3 Å². The predicted octanol–water partition coefficient (Wildman–Crippen LogP) is 6.67. The third-order valence-corrected chi connectivity index (χ3v) is 9.17. The second kappa shape index (κ2) is 13.5. The van der Waals surface area contributed by atoms with Crippen LogP contribution in [0.5, 0.6) is 11.5 Å². The Hall–Kier alpha value is -3.36. The molecular weight excluding hydrogens is 539 g/mol. The van der Waals surface area contributed by atoms with Crippen LogP contribution in [0.15, 0.2) is 71.6 Å². The van der Waals surface area contributed by atoms with Crippen molar-refractivity contribution in [1.82, 2.24) is 4.90 Å². The van der Waals surface area contributed by atoms with E-state index in [-0.39, 0.29) is 28.8 Å². The van der Waals surface area contributed by atoms with Gasteiger partial charge in [-0.05, 0) is 93.3 Å². The van der Waals surface area contributed by atoms with Gasteiger partial charge in [0.25, 0.3) is 0 Å². The van der Waals surface area contributed by atoms with E-state index >= 15 is 0 Å². The number of para-hydroxylation sites is 1. The fourth-order valence-electron chi connectivity index (χ4n) is 5.62. The molecule has 0 bridgehead atoms. The van der Waals surface area contributed by atoms with E-state index in [4.69, 9.17) is 9.47 Å². The van der Waals surface area contributed by atoms with Crippen LogP contribution in [0, 0.1) is 11.7 Å². The molecule has 0 saturated carbocycles. The molecule has 6 nitrogen and oxygen atoms in total. The zero-order chi connectivity index (χ0) is 28.8. The zero-order valence-corrected chi connectivity index (χ0v) is 24.5. The number of anilines is 1. The maximum Gasteiger partial charge on any atom is 0.225 e. The highest BCUT2D eigenvalue weighted by Crippen LogP contribution is 2.53. The number of ether oxygens (including phenoxy) is 2. The topological polar surface area (TPSA) is 59.1 Å². The summed E-state index contributed by atoms with van der Waals surface area (Å²) in [5.74, 6) is 1.55. The van der Waals surface area contributed by atoms with Gasteiger partial charge in [-0.3, -0.25) is 14.5 Å². The maximum absolute atomic E-state index is 13.1. The highest BCUT2D eigenvalue weighted by molar-refractivity contribution is 8.00. The first-order valence-electron chi connectivity index (χ1n) is 14.3. The highest BCUT2D eigenvalue weighted by atomic mass is 32.2. The summed E-state index contributed by atoms with van der Waals surface area (Å²) in [6.07, 6.45) is 4.04. The van der Waals surface area contributed by atoms with Gasteiger partial charge >= 0.3 is 0 Å². The molecule has 1 unspecified atom stereocenters. The number of Topliss-reactive ketones (excluding diaryl/α,β-unsaturated/α-hetero) is 1. The van der Waals surface area contributed by atoms with Crippen LogP contribution in [-0.2, 0) is 16.0 Å². The van der Waals surface area contributed by atoms with Gasteiger partial charge in [-0.2, -0.15) is 0 Å². The number of thioether (sulfide) groups is 1. The van der Waals surface area contributed by atoms with E-state index in [0.29, 0.717) is 13.0 Å². The first kappa shape index (κ1) is 29.1. The average Bonchev–Trinajstić information content (AvgIpc) is 3.38. The number of hydrogen-bond donors (Lipinski definition) is 0. The van der Waals surface area contributed by atoms with E-state index in [1.165, 1.54) is 12.1 Å². The van der Waals surface area contributed by atoms with Gasteiger partial charge < -0.3 is 14.4 Å². The van der Waals surface area contributed by atoms with Crippen LogP contribution < -0.4 is 14.4 Å². The number of ketones is 1. The van der Waals surface area contributed by atoms with Gasteiger partial charge in [-0.1, -0.05) is 36.0 Å². The van der Waals surface area contributed by atoms with Crippen LogP contribution >= 0.6 is 11.8 Å². The standard InChI is InChI=1S/C33H37FN2O4S/c1-23(37)36-29-7-3-4-8-32(29)41-33(36)28-22-27(39-2)13-14-31(28)40-20-6-5-17-35-18-15-25(16-19-35)30(38)21-24-9-11-26(34)12-10-24/h3-4,7-14,22,25,33H,5-6,15-21H2,1-2H3. The third kappa shape index (κ3) is 7.11. The van der Waals surface area contributed by atoms with Crippen molar-refractivity contribution in [1.29, 1.82) is 0 Å². The molecule has 3 aromatic rings. The second-order valence-electron chi connectivity index (χ2n) is 10.7. The lowest BCUT2D eigenvalue weighted by atomic mass is 9.89. The molecule has 5 rings (SSSR count). The third-order valence-electron chi connectivity index (χ3n) is 7.88. The lowest BCUT2D eigenvalue weighted by Gasteiger charge is -2.31. The van der Waals surface area contributed by atoms with Gasteiger partial charge in [0, 0.05) is 29.7 Å². The van der Waals surface area contributed by atoms with E-state index in [1.807, 2.05) is 47.4 Å². The summed E-state index contributed by atoms with van der Waals surface area (Å²) >= 11 is 1.65. The number of benzene rings is 3. The Balaban J connectivity index is 1.10. The fourth-order valence-corrected chi connectivity index (χ4v) is 6.98. The molecule has 0 radical (unpaired) electrons. The Bertz CT molecular complexity index is 1360. The Morgan fingerprint density at radius 2 is 1.76 bits per heavy atom. The smallest absolute Gasteiger partial charge is 0.225 e. The van der Waals surface area contributed by atoms with Crippen LogP contribution in [0.3, 0.4) is 0 Å². The first-order valence-corrected chi connectivity index (χ1v) is 15.2. The number of amides is 1. The van der Waals surface area contributed by atoms with Crippen LogP contribution in [-0.4, -0.2) is 49.9 Å². The minimum Gasteiger partial charge on any atom is -0.497 e. The number of carbonyl (C=O) groups excluding carboxylic acids is 2. The van der Waals surface area contributed by atoms with Crippen LogP contribution in [0.2, 0.25) is 0 Å². The minimum absolute atomic E-state index is 0.0119. The number of methoxy groups -OCH3 is 1. The molecule has 0 N–H and O–H groups in total. The molecule has 0 aliphatic carbocycles. The molecule has 3 aromatic carbocycles. The van der Waals surface area contributed by atoms with Crippen LogP contribution in [0.4, 0.5) is 10.1 Å². The number of halogens is 1. The number of carbonyl (C=O) groups is 2. The summed E-state index contributed by atoms with van der Waals surface area (Å²) in [6, 6.07) is 20.0. The summed E-state index contributed by atoms with van der Waals surface area (Å²) < 4.78 is 24.9. The molecule has 2 aliphatic heterocycles. The van der Waals surface area contributed by atoms with E-state index in [9.17, 15) is 14.0 Å². The monoisotopic (exact) mass is 576 g/mol. The predicted molar refractivity (Wildman–Crippen MR) is 160 cm³/mol. The Kier molecular flexibility index (Phi) is 9.62. The number of unbranched alkanes of at least 4 members (excludes halogenated alkanes) is 1. The SMILES string of the molecule is COc1ccc(OCCCCN2CCC(C(=O)Cc3ccc(F)cc3)CC2)c(C2Sc3ccccc3N2C(C)=O)c1. The molecule has 0 aromatic heterocycles. The molecular formula is C33H37FN2O4S. The Morgan fingerprint density at radius 1 is 1.00 bits per heavy atom. The van der Waals surface area contributed by atoms with Gasteiger partial charge in [0.05, 0.1) is 19.4 Å². The molecule has 1 amide bonds. The van der Waals surface area contributed by atoms with E-state index in [0.717, 1.165) is 78.5 Å². The van der Waals surface area contributed by atoms with Crippen molar-refractivity contribution in [3.05, 3.63) is 83.7 Å². The van der Waals surface area contributed by atoms with Crippen LogP contribution in [0.1, 0.15) is 49.1 Å². The van der Waals surface area contributed by atoms with E-state index in [2.05, 4.69) is 4.90 Å². The lowest BCUT2D eigenvalue weighted by Crippen LogP contribution is -2.37. The molecule has 1 atom stereocenters. The summed E-state index contributed by atoms with van der Waals surface area (Å²) in [5.41, 5.74) is 2.72. The van der Waals surface area contributed by atoms with Crippen LogP contribution in [0.25, 0.3) is 0 Å². The van der Waals surface area contributed by atoms with E-state index < -0.39 is 0 Å². The van der Waals surface area contributed by atoms with Gasteiger partial charge in [0.15, 0.2) is 0 Å². The van der Waals surface area contributed by atoms with Gasteiger partial charge in [-0.15, -0.1) is 0 Å². The number of nitrogens with zero attached hydrogens (tertiary/aromatic N) is 2. The van der Waals surface area contributed by atoms with Crippen molar-refractivity contribution in [2.45, 2.75) is 49.3 Å². The van der Waals surface area contributed by atoms with Crippen molar-refractivity contribution in [3.63, 3.8) is 0 Å². The van der Waals surface area contributed by atoms with Crippen molar-refractivity contribution in [2.24, 2.45) is 5.92 Å². The molecule has 41 heavy (non-hydrogen) atoms. The maximum atomic E-state index is 13.1. The van der Waals surface area contributed by atoms with Gasteiger partial charge in [0.1, 0.15) is 28.5 Å². The number of piperidine rings is 1. The number of likely N-dealkylation sites (tertiary alicyclic amines) is 1. The molecule has 0 spiro atoms. The summed E-state index contributed by atoms with van der Waals surface area (Å²) in [4.78, 5) is 30.7. The Labute approximate surface area is 245 Å². The molecule has 2 heterocycles. The fraction of sp³-hybridized carbons (Fsp3) is 0.394. The molecule has 8 heteroatoms.